The maximum atomic E-state index is 9.94. The first-order chi connectivity index (χ1) is 6.09. The van der Waals surface area contributed by atoms with Gasteiger partial charge in [-0.3, -0.25) is 0 Å². The minimum absolute atomic E-state index is 0.416. The van der Waals surface area contributed by atoms with Crippen molar-refractivity contribution in [1.29, 1.82) is 0 Å². The molecule has 0 N–H and O–H groups in total. The summed E-state index contributed by atoms with van der Waals surface area (Å²) in [5, 5.41) is 18.0. The van der Waals surface area contributed by atoms with Crippen molar-refractivity contribution in [2.24, 2.45) is 0 Å². The zero-order chi connectivity index (χ0) is 9.84. The Labute approximate surface area is 72.6 Å². The Bertz CT molecular complexity index is 197. The van der Waals surface area contributed by atoms with Crippen molar-refractivity contribution in [1.82, 2.24) is 0 Å². The molecule has 0 bridgehead atoms. The molecule has 0 radical (unpaired) electrons. The number of hydrogen-bond donors (Lipinski definition) is 0. The molecule has 0 aliphatic heterocycles. The Morgan fingerprint density at radius 2 is 1.38 bits per heavy atom. The summed E-state index contributed by atoms with van der Waals surface area (Å²) in [4.78, 5) is 28.3. The van der Waals surface area contributed by atoms with Crippen molar-refractivity contribution in [3.8, 4) is 0 Å². The summed E-state index contributed by atoms with van der Waals surface area (Å²) in [6, 6.07) is 0. The molecular formula is C5H8N2O6. The van der Waals surface area contributed by atoms with Gasteiger partial charge in [0.25, 0.3) is 10.2 Å². The van der Waals surface area contributed by atoms with Crippen LogP contribution in [0.5, 0.6) is 0 Å². The average Bonchev–Trinajstić information content (AvgIpc) is 2.34. The monoisotopic (exact) mass is 192 g/mol. The molecule has 0 unspecified atom stereocenters. The van der Waals surface area contributed by atoms with Gasteiger partial charge in [-0.15, -0.1) is 20.2 Å². The predicted octanol–water partition coefficient (Wildman–Crippen LogP) is 0.324. The Balaban J connectivity index is 2.43. The second-order valence-electron chi connectivity index (χ2n) is 2.67. The zero-order valence-corrected chi connectivity index (χ0v) is 6.62. The summed E-state index contributed by atoms with van der Waals surface area (Å²) in [6.07, 6.45) is -0.142. The summed E-state index contributed by atoms with van der Waals surface area (Å²) >= 11 is 0. The molecule has 0 saturated heterocycles. The van der Waals surface area contributed by atoms with E-state index < -0.39 is 22.4 Å². The second-order valence-corrected chi connectivity index (χ2v) is 2.67. The molecule has 8 nitrogen and oxygen atoms in total. The molecule has 2 atom stereocenters. The Kier molecular flexibility index (Phi) is 2.83. The van der Waals surface area contributed by atoms with E-state index in [1.165, 1.54) is 0 Å². The minimum Gasteiger partial charge on any atom is -0.308 e. The van der Waals surface area contributed by atoms with Crippen LogP contribution in [0.3, 0.4) is 0 Å². The molecule has 1 rings (SSSR count). The maximum absolute atomic E-state index is 9.94. The highest BCUT2D eigenvalue weighted by Gasteiger charge is 2.33. The van der Waals surface area contributed by atoms with Crippen LogP contribution in [0, 0.1) is 20.2 Å². The van der Waals surface area contributed by atoms with Crippen LogP contribution in [0.2, 0.25) is 0 Å². The van der Waals surface area contributed by atoms with E-state index in [-0.39, 0.29) is 0 Å². The molecule has 1 saturated carbocycles. The number of hydrogen-bond acceptors (Lipinski definition) is 6. The molecule has 13 heavy (non-hydrogen) atoms. The highest BCUT2D eigenvalue weighted by atomic mass is 17.0. The highest BCUT2D eigenvalue weighted by Crippen LogP contribution is 2.24. The van der Waals surface area contributed by atoms with Crippen LogP contribution in [0.1, 0.15) is 19.3 Å². The lowest BCUT2D eigenvalue weighted by Gasteiger charge is -2.14. The smallest absolute Gasteiger partial charge is 0.294 e. The van der Waals surface area contributed by atoms with Crippen molar-refractivity contribution >= 4 is 0 Å². The van der Waals surface area contributed by atoms with Crippen molar-refractivity contribution in [2.75, 3.05) is 0 Å². The summed E-state index contributed by atoms with van der Waals surface area (Å²) in [6.45, 7) is 0. The molecule has 0 aromatic carbocycles. The van der Waals surface area contributed by atoms with Gasteiger partial charge in [-0.25, -0.2) is 0 Å². The fraction of sp³-hybridized carbons (Fsp3) is 1.00. The van der Waals surface area contributed by atoms with E-state index in [0.717, 1.165) is 0 Å². The van der Waals surface area contributed by atoms with Gasteiger partial charge in [-0.2, -0.15) is 0 Å². The van der Waals surface area contributed by atoms with Gasteiger partial charge >= 0.3 is 0 Å². The molecule has 8 heteroatoms. The van der Waals surface area contributed by atoms with Crippen molar-refractivity contribution < 1.29 is 19.8 Å². The predicted molar refractivity (Wildman–Crippen MR) is 37.6 cm³/mol. The van der Waals surface area contributed by atoms with E-state index in [4.69, 9.17) is 0 Å². The summed E-state index contributed by atoms with van der Waals surface area (Å²) in [5.41, 5.74) is 0. The molecule has 1 fully saturated rings. The maximum Gasteiger partial charge on any atom is 0.294 e. The van der Waals surface area contributed by atoms with Gasteiger partial charge in [0.1, 0.15) is 12.2 Å². The van der Waals surface area contributed by atoms with E-state index in [1.807, 2.05) is 0 Å². The number of nitrogens with zero attached hydrogens (tertiary/aromatic N) is 2. The molecule has 74 valence electrons. The number of rotatable bonds is 4. The summed E-state index contributed by atoms with van der Waals surface area (Å²) in [5.74, 6) is 0. The van der Waals surface area contributed by atoms with E-state index in [9.17, 15) is 20.2 Å². The van der Waals surface area contributed by atoms with Gasteiger partial charge in [0.05, 0.1) is 0 Å². The molecule has 0 aromatic heterocycles. The molecule has 0 amide bonds. The van der Waals surface area contributed by atoms with Crippen LogP contribution < -0.4 is 0 Å². The molecule has 1 aliphatic carbocycles. The van der Waals surface area contributed by atoms with Crippen molar-refractivity contribution in [3.63, 3.8) is 0 Å². The normalized spacial score (nSPS) is 26.8. The lowest BCUT2D eigenvalue weighted by atomic mass is 10.3. The third-order valence-corrected chi connectivity index (χ3v) is 1.83. The highest BCUT2D eigenvalue weighted by molar-refractivity contribution is 4.76. The molecule has 0 aromatic rings. The zero-order valence-electron chi connectivity index (χ0n) is 6.62. The molecule has 0 heterocycles. The first-order valence-electron chi connectivity index (χ1n) is 3.72. The first kappa shape index (κ1) is 9.49. The summed E-state index contributed by atoms with van der Waals surface area (Å²) in [7, 11) is 0. The fourth-order valence-electron chi connectivity index (χ4n) is 1.35. The molecule has 1 aliphatic rings. The van der Waals surface area contributed by atoms with E-state index in [0.29, 0.717) is 19.3 Å². The van der Waals surface area contributed by atoms with E-state index in [2.05, 4.69) is 9.68 Å². The van der Waals surface area contributed by atoms with Crippen LogP contribution in [0.4, 0.5) is 0 Å². The van der Waals surface area contributed by atoms with Crippen LogP contribution in [0.25, 0.3) is 0 Å². The van der Waals surface area contributed by atoms with Gasteiger partial charge < -0.3 is 9.68 Å². The van der Waals surface area contributed by atoms with Crippen LogP contribution >= 0.6 is 0 Å². The SMILES string of the molecule is O=[N+]([O-])O[C@H]1CCC[C@H]1O[N+](=O)[O-]. The van der Waals surface area contributed by atoms with Crippen molar-refractivity contribution in [3.05, 3.63) is 20.2 Å². The van der Waals surface area contributed by atoms with E-state index >= 15 is 0 Å². The van der Waals surface area contributed by atoms with Gasteiger partial charge in [-0.05, 0) is 19.3 Å². The third-order valence-electron chi connectivity index (χ3n) is 1.83. The average molecular weight is 192 g/mol. The largest absolute Gasteiger partial charge is 0.308 e. The van der Waals surface area contributed by atoms with Crippen LogP contribution in [0.15, 0.2) is 0 Å². The first-order valence-corrected chi connectivity index (χ1v) is 3.72. The van der Waals surface area contributed by atoms with Gasteiger partial charge in [-0.1, -0.05) is 0 Å². The fourth-order valence-corrected chi connectivity index (χ4v) is 1.35. The topological polar surface area (TPSA) is 105 Å². The van der Waals surface area contributed by atoms with Gasteiger partial charge in [0, 0.05) is 0 Å². The summed E-state index contributed by atoms with van der Waals surface area (Å²) < 4.78 is 0. The lowest BCUT2D eigenvalue weighted by Crippen LogP contribution is -2.30. The Morgan fingerprint density at radius 3 is 1.69 bits per heavy atom. The molecular weight excluding hydrogens is 184 g/mol. The quantitative estimate of drug-likeness (QED) is 0.469. The minimum atomic E-state index is -0.952. The third kappa shape index (κ3) is 2.73. The lowest BCUT2D eigenvalue weighted by molar-refractivity contribution is -0.797. The van der Waals surface area contributed by atoms with Crippen LogP contribution in [-0.2, 0) is 9.68 Å². The van der Waals surface area contributed by atoms with Gasteiger partial charge in [0.15, 0.2) is 0 Å². The standard InChI is InChI=1S/C5H8N2O6/c8-6(9)12-4-2-1-3-5(4)13-7(10)11/h4-5H,1-3H2/t4-,5+. The Morgan fingerprint density at radius 1 is 1.00 bits per heavy atom. The Hall–Kier alpha value is -1.60. The van der Waals surface area contributed by atoms with Crippen LogP contribution in [-0.4, -0.2) is 22.4 Å². The van der Waals surface area contributed by atoms with E-state index in [1.54, 1.807) is 0 Å². The second kappa shape index (κ2) is 3.87. The van der Waals surface area contributed by atoms with Gasteiger partial charge in [0.2, 0.25) is 0 Å². The van der Waals surface area contributed by atoms with Crippen molar-refractivity contribution in [2.45, 2.75) is 31.5 Å². The molecule has 0 spiro atoms.